The maximum Gasteiger partial charge on any atom is 0.196 e. The third-order valence-electron chi connectivity index (χ3n) is 4.11. The van der Waals surface area contributed by atoms with E-state index >= 15 is 0 Å². The van der Waals surface area contributed by atoms with Crippen molar-refractivity contribution in [3.05, 3.63) is 65.2 Å². The van der Waals surface area contributed by atoms with Crippen molar-refractivity contribution in [3.63, 3.8) is 0 Å². The summed E-state index contributed by atoms with van der Waals surface area (Å²) in [6.45, 7) is 2.16. The molecule has 1 N–H and O–H groups in total. The molecule has 0 heterocycles. The highest BCUT2D eigenvalue weighted by Gasteiger charge is 2.15. The Bertz CT molecular complexity index is 689. The minimum atomic E-state index is -0.244. The minimum Gasteiger partial charge on any atom is -0.507 e. The van der Waals surface area contributed by atoms with E-state index in [1.807, 2.05) is 6.07 Å². The third-order valence-corrected chi connectivity index (χ3v) is 4.11. The number of phenolic OH excluding ortho intramolecular Hbond substituents is 1. The lowest BCUT2D eigenvalue weighted by Crippen LogP contribution is -2.04. The van der Waals surface area contributed by atoms with E-state index < -0.39 is 0 Å². The normalized spacial score (nSPS) is 10.5. The second kappa shape index (κ2) is 9.02. The first kappa shape index (κ1) is 17.9. The number of rotatable bonds is 9. The summed E-state index contributed by atoms with van der Waals surface area (Å²) in [4.78, 5) is 24.6. The van der Waals surface area contributed by atoms with Crippen molar-refractivity contribution in [3.8, 4) is 5.75 Å². The predicted octanol–water partition coefficient (Wildman–Crippen LogP) is 5.17. The molecule has 2 rings (SSSR count). The Hall–Kier alpha value is -2.42. The maximum atomic E-state index is 12.4. The molecular weight excluding hydrogens is 300 g/mol. The molecule has 0 aliphatic heterocycles. The van der Waals surface area contributed by atoms with Crippen LogP contribution in [0.5, 0.6) is 5.75 Å². The number of Topliss-reactive ketones (excluding diaryl/α,β-unsaturated/α-hetero) is 1. The first-order valence-electron chi connectivity index (χ1n) is 8.59. The van der Waals surface area contributed by atoms with E-state index in [9.17, 15) is 14.7 Å². The van der Waals surface area contributed by atoms with Gasteiger partial charge in [-0.25, -0.2) is 0 Å². The summed E-state index contributed by atoms with van der Waals surface area (Å²) in [6, 6.07) is 13.4. The molecule has 0 aliphatic rings. The smallest absolute Gasteiger partial charge is 0.196 e. The molecule has 0 aromatic heterocycles. The van der Waals surface area contributed by atoms with Gasteiger partial charge in [0.2, 0.25) is 0 Å². The molecule has 0 bridgehead atoms. The summed E-state index contributed by atoms with van der Waals surface area (Å²) < 4.78 is 0. The van der Waals surface area contributed by atoms with Crippen molar-refractivity contribution in [1.82, 2.24) is 0 Å². The van der Waals surface area contributed by atoms with E-state index in [-0.39, 0.29) is 22.9 Å². The second-order valence-electron chi connectivity index (χ2n) is 6.01. The molecular formula is C21H24O3. The Morgan fingerprint density at radius 3 is 2.25 bits per heavy atom. The molecule has 126 valence electrons. The Morgan fingerprint density at radius 1 is 0.875 bits per heavy atom. The first-order chi connectivity index (χ1) is 11.6. The van der Waals surface area contributed by atoms with Gasteiger partial charge in [0.05, 0.1) is 5.56 Å². The van der Waals surface area contributed by atoms with Gasteiger partial charge in [-0.05, 0) is 18.6 Å². The van der Waals surface area contributed by atoms with Gasteiger partial charge in [-0.2, -0.15) is 0 Å². The number of hydrogen-bond donors (Lipinski definition) is 1. The van der Waals surface area contributed by atoms with Crippen LogP contribution in [0.1, 0.15) is 71.7 Å². The summed E-state index contributed by atoms with van der Waals surface area (Å²) in [6.07, 6.45) is 5.93. The number of unbranched alkanes of at least 4 members (excludes halogenated alkanes) is 4. The molecule has 2 aromatic rings. The number of ketones is 2. The zero-order valence-corrected chi connectivity index (χ0v) is 14.1. The van der Waals surface area contributed by atoms with Crippen LogP contribution in [-0.2, 0) is 0 Å². The molecule has 0 saturated carbocycles. The van der Waals surface area contributed by atoms with Gasteiger partial charge in [-0.3, -0.25) is 9.59 Å². The molecule has 0 amide bonds. The third kappa shape index (κ3) is 4.79. The molecule has 24 heavy (non-hydrogen) atoms. The monoisotopic (exact) mass is 324 g/mol. The lowest BCUT2D eigenvalue weighted by molar-refractivity contribution is 0.0976. The van der Waals surface area contributed by atoms with Crippen molar-refractivity contribution >= 4 is 11.6 Å². The van der Waals surface area contributed by atoms with Gasteiger partial charge in [-0.1, -0.05) is 69.0 Å². The number of carbonyl (C=O) groups is 2. The van der Waals surface area contributed by atoms with Gasteiger partial charge >= 0.3 is 0 Å². The van der Waals surface area contributed by atoms with Crippen LogP contribution in [0.15, 0.2) is 48.5 Å². The largest absolute Gasteiger partial charge is 0.507 e. The second-order valence-corrected chi connectivity index (χ2v) is 6.01. The molecule has 2 aromatic carbocycles. The van der Waals surface area contributed by atoms with E-state index in [1.165, 1.54) is 25.0 Å². The van der Waals surface area contributed by atoms with Gasteiger partial charge < -0.3 is 5.11 Å². The predicted molar refractivity (Wildman–Crippen MR) is 95.7 cm³/mol. The summed E-state index contributed by atoms with van der Waals surface area (Å²) in [5, 5.41) is 10.1. The van der Waals surface area contributed by atoms with Crippen molar-refractivity contribution < 1.29 is 14.7 Å². The van der Waals surface area contributed by atoms with Gasteiger partial charge in [0, 0.05) is 17.5 Å². The molecule has 3 nitrogen and oxygen atoms in total. The fourth-order valence-corrected chi connectivity index (χ4v) is 2.68. The number of aromatic hydroxyl groups is 1. The summed E-state index contributed by atoms with van der Waals surface area (Å²) in [5.41, 5.74) is 1.20. The Morgan fingerprint density at radius 2 is 1.58 bits per heavy atom. The Labute approximate surface area is 143 Å². The molecule has 0 aliphatic carbocycles. The minimum absolute atomic E-state index is 0.0144. The molecule has 0 spiro atoms. The average Bonchev–Trinajstić information content (AvgIpc) is 2.61. The molecule has 0 radical (unpaired) electrons. The van der Waals surface area contributed by atoms with E-state index in [2.05, 4.69) is 6.92 Å². The molecule has 0 saturated heterocycles. The van der Waals surface area contributed by atoms with Crippen LogP contribution in [0.2, 0.25) is 0 Å². The fourth-order valence-electron chi connectivity index (χ4n) is 2.68. The highest BCUT2D eigenvalue weighted by Crippen LogP contribution is 2.23. The Kier molecular flexibility index (Phi) is 6.74. The lowest BCUT2D eigenvalue weighted by atomic mass is 9.98. The first-order valence-corrected chi connectivity index (χ1v) is 8.59. The SMILES string of the molecule is CCCCCCCC(=O)c1ccc(C(=O)c2ccccc2)c(O)c1. The standard InChI is InChI=1S/C21H24O3/c1-2-3-4-5-9-12-19(22)17-13-14-18(20(23)15-17)21(24)16-10-7-6-8-11-16/h6-8,10-11,13-15,23H,2-5,9,12H2,1H3. The highest BCUT2D eigenvalue weighted by atomic mass is 16.3. The van der Waals surface area contributed by atoms with Gasteiger partial charge in [-0.15, -0.1) is 0 Å². The van der Waals surface area contributed by atoms with E-state index in [4.69, 9.17) is 0 Å². The summed E-state index contributed by atoms with van der Waals surface area (Å²) in [7, 11) is 0. The van der Waals surface area contributed by atoms with Gasteiger partial charge in [0.1, 0.15) is 5.75 Å². The topological polar surface area (TPSA) is 54.4 Å². The van der Waals surface area contributed by atoms with E-state index in [0.717, 1.165) is 19.3 Å². The number of phenols is 1. The van der Waals surface area contributed by atoms with Crippen LogP contribution in [0.3, 0.4) is 0 Å². The number of carbonyl (C=O) groups excluding carboxylic acids is 2. The highest BCUT2D eigenvalue weighted by molar-refractivity contribution is 6.11. The van der Waals surface area contributed by atoms with Crippen molar-refractivity contribution in [2.75, 3.05) is 0 Å². The number of hydrogen-bond acceptors (Lipinski definition) is 3. The quantitative estimate of drug-likeness (QED) is 0.511. The van der Waals surface area contributed by atoms with E-state index in [0.29, 0.717) is 17.5 Å². The van der Waals surface area contributed by atoms with Crippen molar-refractivity contribution in [2.24, 2.45) is 0 Å². The van der Waals surface area contributed by atoms with Crippen molar-refractivity contribution in [1.29, 1.82) is 0 Å². The van der Waals surface area contributed by atoms with Crippen molar-refractivity contribution in [2.45, 2.75) is 45.4 Å². The average molecular weight is 324 g/mol. The fraction of sp³-hybridized carbons (Fsp3) is 0.333. The van der Waals surface area contributed by atoms with Gasteiger partial charge in [0.15, 0.2) is 11.6 Å². The molecule has 3 heteroatoms. The van der Waals surface area contributed by atoms with Crippen LogP contribution in [0, 0.1) is 0 Å². The molecule has 0 atom stereocenters. The number of benzene rings is 2. The lowest BCUT2D eigenvalue weighted by Gasteiger charge is -2.07. The zero-order chi connectivity index (χ0) is 17.4. The van der Waals surface area contributed by atoms with Crippen LogP contribution < -0.4 is 0 Å². The molecule has 0 unspecified atom stereocenters. The van der Waals surface area contributed by atoms with Crippen LogP contribution >= 0.6 is 0 Å². The van der Waals surface area contributed by atoms with Crippen LogP contribution in [-0.4, -0.2) is 16.7 Å². The maximum absolute atomic E-state index is 12.4. The molecule has 0 fully saturated rings. The van der Waals surface area contributed by atoms with Crippen LogP contribution in [0.4, 0.5) is 0 Å². The van der Waals surface area contributed by atoms with Gasteiger partial charge in [0.25, 0.3) is 0 Å². The van der Waals surface area contributed by atoms with E-state index in [1.54, 1.807) is 30.3 Å². The zero-order valence-electron chi connectivity index (χ0n) is 14.1. The Balaban J connectivity index is 2.01. The van der Waals surface area contributed by atoms with Crippen LogP contribution in [0.25, 0.3) is 0 Å². The summed E-state index contributed by atoms with van der Waals surface area (Å²) in [5.74, 6) is -0.368. The summed E-state index contributed by atoms with van der Waals surface area (Å²) >= 11 is 0.